The summed E-state index contributed by atoms with van der Waals surface area (Å²) in [7, 11) is 0. The van der Waals surface area contributed by atoms with Crippen LogP contribution in [0.15, 0.2) is 48.5 Å². The molecule has 4 heteroatoms. The fourth-order valence-electron chi connectivity index (χ4n) is 3.15. The number of nitrogens with zero attached hydrogens (tertiary/aromatic N) is 1. The van der Waals surface area contributed by atoms with Gasteiger partial charge in [0.2, 0.25) is 0 Å². The maximum Gasteiger partial charge on any atom is 0.0472 e. The second-order valence-corrected chi connectivity index (χ2v) is 6.94. The number of benzene rings is 2. The van der Waals surface area contributed by atoms with Crippen molar-refractivity contribution in [3.05, 3.63) is 69.7 Å². The fraction of sp³-hybridized carbons (Fsp3) is 0.368. The van der Waals surface area contributed by atoms with Crippen LogP contribution < -0.4 is 5.32 Å². The third-order valence-electron chi connectivity index (χ3n) is 4.42. The molecule has 3 rings (SSSR count). The zero-order valence-electron chi connectivity index (χ0n) is 13.1. The van der Waals surface area contributed by atoms with Crippen LogP contribution in [-0.2, 0) is 6.54 Å². The average molecular weight is 349 g/mol. The second-order valence-electron chi connectivity index (χ2n) is 6.07. The molecule has 0 aromatic heterocycles. The van der Waals surface area contributed by atoms with Gasteiger partial charge in [-0.15, -0.1) is 0 Å². The smallest absolute Gasteiger partial charge is 0.0472 e. The summed E-state index contributed by atoms with van der Waals surface area (Å²) in [5.41, 5.74) is 2.59. The number of hydrogen-bond donors (Lipinski definition) is 1. The molecule has 2 aromatic rings. The molecule has 1 atom stereocenters. The molecule has 1 aliphatic heterocycles. The van der Waals surface area contributed by atoms with Gasteiger partial charge >= 0.3 is 0 Å². The molecule has 0 saturated carbocycles. The van der Waals surface area contributed by atoms with Gasteiger partial charge in [0.15, 0.2) is 0 Å². The molecule has 23 heavy (non-hydrogen) atoms. The summed E-state index contributed by atoms with van der Waals surface area (Å²) >= 11 is 12.0. The first-order chi connectivity index (χ1) is 11.2. The molecule has 2 aromatic carbocycles. The van der Waals surface area contributed by atoms with Crippen LogP contribution in [0.3, 0.4) is 0 Å². The van der Waals surface area contributed by atoms with Crippen molar-refractivity contribution in [2.24, 2.45) is 0 Å². The van der Waals surface area contributed by atoms with E-state index in [1.807, 2.05) is 24.3 Å². The first-order valence-electron chi connectivity index (χ1n) is 8.17. The Balaban J connectivity index is 1.63. The van der Waals surface area contributed by atoms with Gasteiger partial charge < -0.3 is 5.32 Å². The molecule has 122 valence electrons. The molecule has 0 spiro atoms. The molecular formula is C19H22Cl2N2. The quantitative estimate of drug-likeness (QED) is 0.796. The van der Waals surface area contributed by atoms with Crippen molar-refractivity contribution in [3.63, 3.8) is 0 Å². The number of rotatable bonds is 6. The zero-order chi connectivity index (χ0) is 16.1. The van der Waals surface area contributed by atoms with E-state index in [1.54, 1.807) is 0 Å². The molecule has 1 saturated heterocycles. The summed E-state index contributed by atoms with van der Waals surface area (Å²) in [6.45, 7) is 4.14. The molecule has 0 radical (unpaired) electrons. The fourth-order valence-corrected chi connectivity index (χ4v) is 3.40. The highest BCUT2D eigenvalue weighted by Crippen LogP contribution is 2.25. The lowest BCUT2D eigenvalue weighted by molar-refractivity contribution is 0.238. The third kappa shape index (κ3) is 4.71. The maximum absolute atomic E-state index is 6.03. The molecule has 1 N–H and O–H groups in total. The van der Waals surface area contributed by atoms with Crippen molar-refractivity contribution < 1.29 is 0 Å². The van der Waals surface area contributed by atoms with Gasteiger partial charge in [-0.2, -0.15) is 0 Å². The van der Waals surface area contributed by atoms with E-state index in [2.05, 4.69) is 34.5 Å². The van der Waals surface area contributed by atoms with Gasteiger partial charge in [-0.05, 0) is 61.3 Å². The van der Waals surface area contributed by atoms with E-state index in [1.165, 1.54) is 37.1 Å². The zero-order valence-corrected chi connectivity index (χ0v) is 14.7. The Morgan fingerprint density at radius 3 is 2.04 bits per heavy atom. The molecule has 0 aliphatic carbocycles. The minimum atomic E-state index is 0.405. The van der Waals surface area contributed by atoms with Crippen LogP contribution in [0.25, 0.3) is 0 Å². The molecule has 0 amide bonds. The first kappa shape index (κ1) is 16.8. The van der Waals surface area contributed by atoms with Gasteiger partial charge in [-0.25, -0.2) is 0 Å². The van der Waals surface area contributed by atoms with Gasteiger partial charge in [0.25, 0.3) is 0 Å². The van der Waals surface area contributed by atoms with Crippen molar-refractivity contribution in [1.82, 2.24) is 10.2 Å². The third-order valence-corrected chi connectivity index (χ3v) is 4.92. The largest absolute Gasteiger partial charge is 0.311 e. The Bertz CT molecular complexity index is 604. The summed E-state index contributed by atoms with van der Waals surface area (Å²) in [4.78, 5) is 2.57. The first-order valence-corrected chi connectivity index (χ1v) is 8.92. The molecule has 2 nitrogen and oxygen atoms in total. The molecule has 0 bridgehead atoms. The van der Waals surface area contributed by atoms with Gasteiger partial charge in [-0.3, -0.25) is 4.90 Å². The van der Waals surface area contributed by atoms with E-state index < -0.39 is 0 Å². The van der Waals surface area contributed by atoms with E-state index in [0.717, 1.165) is 23.1 Å². The Labute approximate surface area is 148 Å². The van der Waals surface area contributed by atoms with Crippen LogP contribution in [0.2, 0.25) is 10.0 Å². The van der Waals surface area contributed by atoms with E-state index in [-0.39, 0.29) is 0 Å². The summed E-state index contributed by atoms with van der Waals surface area (Å²) in [5, 5.41) is 5.17. The Morgan fingerprint density at radius 1 is 0.870 bits per heavy atom. The highest BCUT2D eigenvalue weighted by Gasteiger charge is 2.23. The minimum absolute atomic E-state index is 0.405. The topological polar surface area (TPSA) is 15.3 Å². The highest BCUT2D eigenvalue weighted by molar-refractivity contribution is 6.30. The molecule has 1 heterocycles. The Morgan fingerprint density at radius 2 is 1.43 bits per heavy atom. The summed E-state index contributed by atoms with van der Waals surface area (Å²) in [6, 6.07) is 16.7. The SMILES string of the molecule is Clc1ccc(CNCC(c2ccc(Cl)cc2)N2CCCC2)cc1. The van der Waals surface area contributed by atoms with Gasteiger partial charge in [0, 0.05) is 29.2 Å². The predicted octanol–water partition coefficient (Wildman–Crippen LogP) is 4.92. The number of hydrogen-bond acceptors (Lipinski definition) is 2. The molecule has 1 aliphatic rings. The van der Waals surface area contributed by atoms with Crippen LogP contribution in [0, 0.1) is 0 Å². The number of nitrogens with one attached hydrogen (secondary N) is 1. The van der Waals surface area contributed by atoms with Crippen molar-refractivity contribution >= 4 is 23.2 Å². The van der Waals surface area contributed by atoms with Crippen molar-refractivity contribution in [1.29, 1.82) is 0 Å². The van der Waals surface area contributed by atoms with Crippen LogP contribution in [0.5, 0.6) is 0 Å². The molecule has 1 fully saturated rings. The number of halogens is 2. The Kier molecular flexibility index (Phi) is 5.96. The monoisotopic (exact) mass is 348 g/mol. The van der Waals surface area contributed by atoms with E-state index in [4.69, 9.17) is 23.2 Å². The van der Waals surface area contributed by atoms with Crippen LogP contribution in [0.1, 0.15) is 30.0 Å². The van der Waals surface area contributed by atoms with Crippen molar-refractivity contribution in [3.8, 4) is 0 Å². The molecule has 1 unspecified atom stereocenters. The Hall–Kier alpha value is -1.06. The van der Waals surface area contributed by atoms with E-state index in [0.29, 0.717) is 6.04 Å². The van der Waals surface area contributed by atoms with E-state index >= 15 is 0 Å². The van der Waals surface area contributed by atoms with Gasteiger partial charge in [0.1, 0.15) is 0 Å². The predicted molar refractivity (Wildman–Crippen MR) is 98.2 cm³/mol. The maximum atomic E-state index is 6.03. The van der Waals surface area contributed by atoms with Gasteiger partial charge in [-0.1, -0.05) is 47.5 Å². The van der Waals surface area contributed by atoms with Crippen LogP contribution >= 0.6 is 23.2 Å². The summed E-state index contributed by atoms with van der Waals surface area (Å²) < 4.78 is 0. The lowest BCUT2D eigenvalue weighted by Gasteiger charge is -2.28. The van der Waals surface area contributed by atoms with Crippen molar-refractivity contribution in [2.75, 3.05) is 19.6 Å². The number of likely N-dealkylation sites (tertiary alicyclic amines) is 1. The van der Waals surface area contributed by atoms with Crippen LogP contribution in [-0.4, -0.2) is 24.5 Å². The second kappa shape index (κ2) is 8.16. The summed E-state index contributed by atoms with van der Waals surface area (Å²) in [6.07, 6.45) is 2.59. The minimum Gasteiger partial charge on any atom is -0.311 e. The normalized spacial score (nSPS) is 16.6. The van der Waals surface area contributed by atoms with Gasteiger partial charge in [0.05, 0.1) is 0 Å². The standard InChI is InChI=1S/C19H22Cl2N2/c20-17-7-3-15(4-8-17)13-22-14-19(23-11-1-2-12-23)16-5-9-18(21)10-6-16/h3-10,19,22H,1-2,11-14H2. The lowest BCUT2D eigenvalue weighted by Crippen LogP contribution is -2.34. The average Bonchev–Trinajstić information content (AvgIpc) is 3.09. The van der Waals surface area contributed by atoms with Crippen LogP contribution in [0.4, 0.5) is 0 Å². The van der Waals surface area contributed by atoms with Crippen molar-refractivity contribution in [2.45, 2.75) is 25.4 Å². The molecular weight excluding hydrogens is 327 g/mol. The lowest BCUT2D eigenvalue weighted by atomic mass is 10.1. The van der Waals surface area contributed by atoms with E-state index in [9.17, 15) is 0 Å². The highest BCUT2D eigenvalue weighted by atomic mass is 35.5. The summed E-state index contributed by atoms with van der Waals surface area (Å²) in [5.74, 6) is 0.